The maximum atomic E-state index is 13.3. The van der Waals surface area contributed by atoms with Crippen molar-refractivity contribution in [3.63, 3.8) is 0 Å². The Labute approximate surface area is 196 Å². The van der Waals surface area contributed by atoms with Crippen LogP contribution in [0.3, 0.4) is 0 Å². The summed E-state index contributed by atoms with van der Waals surface area (Å²) in [7, 11) is 1.69. The van der Waals surface area contributed by atoms with Gasteiger partial charge in [0, 0.05) is 38.5 Å². The normalized spacial score (nSPS) is 17.1. The number of nitrogens with zero attached hydrogens (tertiary/aromatic N) is 2. The summed E-state index contributed by atoms with van der Waals surface area (Å²) in [6, 6.07) is 12.8. The number of nitrogens with one attached hydrogen (secondary N) is 1. The third-order valence-corrected chi connectivity index (χ3v) is 6.17. The molecule has 2 aromatic carbocycles. The number of nitrogens with two attached hydrogens (primary N) is 1. The summed E-state index contributed by atoms with van der Waals surface area (Å²) in [5.41, 5.74) is 6.05. The summed E-state index contributed by atoms with van der Waals surface area (Å²) in [6.07, 6.45) is 1.74. The molecular weight excluding hydrogens is 416 g/mol. The van der Waals surface area contributed by atoms with E-state index in [4.69, 9.17) is 5.73 Å². The molecule has 1 fully saturated rings. The Balaban J connectivity index is 1.82. The lowest BCUT2D eigenvalue weighted by molar-refractivity contribution is -0.145. The molecule has 1 heterocycles. The van der Waals surface area contributed by atoms with Crippen LogP contribution in [0.5, 0.6) is 0 Å². The third kappa shape index (κ3) is 5.90. The average Bonchev–Trinajstić information content (AvgIpc) is 3.27. The van der Waals surface area contributed by atoms with E-state index in [1.54, 1.807) is 16.8 Å². The van der Waals surface area contributed by atoms with E-state index in [0.29, 0.717) is 32.5 Å². The van der Waals surface area contributed by atoms with Crippen molar-refractivity contribution in [3.8, 4) is 0 Å². The molecule has 0 aromatic heterocycles. The zero-order valence-electron chi connectivity index (χ0n) is 20.1. The van der Waals surface area contributed by atoms with E-state index in [9.17, 15) is 14.4 Å². The number of benzene rings is 2. The molecular formula is C26H36N4O3. The highest BCUT2D eigenvalue weighted by molar-refractivity contribution is 5.93. The molecule has 1 aliphatic rings. The minimum absolute atomic E-state index is 0.0437. The van der Waals surface area contributed by atoms with Gasteiger partial charge in [0.2, 0.25) is 17.7 Å². The van der Waals surface area contributed by atoms with Gasteiger partial charge in [-0.25, -0.2) is 0 Å². The topological polar surface area (TPSA) is 95.7 Å². The zero-order chi connectivity index (χ0) is 24.2. The Morgan fingerprint density at radius 3 is 2.52 bits per heavy atom. The summed E-state index contributed by atoms with van der Waals surface area (Å²) in [5, 5.41) is 5.17. The highest BCUT2D eigenvalue weighted by Crippen LogP contribution is 2.26. The molecule has 0 aliphatic carbocycles. The number of hydrogen-bond donors (Lipinski definition) is 2. The van der Waals surface area contributed by atoms with Crippen molar-refractivity contribution < 1.29 is 14.4 Å². The van der Waals surface area contributed by atoms with Crippen molar-refractivity contribution in [1.29, 1.82) is 0 Å². The van der Waals surface area contributed by atoms with Crippen LogP contribution in [-0.2, 0) is 20.8 Å². The Bertz CT molecular complexity index is 1010. The van der Waals surface area contributed by atoms with Crippen molar-refractivity contribution in [2.24, 2.45) is 11.1 Å². The number of rotatable bonds is 7. The Morgan fingerprint density at radius 1 is 1.15 bits per heavy atom. The van der Waals surface area contributed by atoms with Gasteiger partial charge in [0.25, 0.3) is 0 Å². The van der Waals surface area contributed by atoms with Crippen LogP contribution in [0, 0.1) is 5.41 Å². The molecule has 1 saturated heterocycles. The molecule has 3 amide bonds. The Morgan fingerprint density at radius 2 is 1.85 bits per heavy atom. The second kappa shape index (κ2) is 10.3. The van der Waals surface area contributed by atoms with Gasteiger partial charge in [-0.3, -0.25) is 14.4 Å². The second-order valence-corrected chi connectivity index (χ2v) is 9.90. The fourth-order valence-electron chi connectivity index (χ4n) is 4.35. The molecule has 3 rings (SSSR count). The standard InChI is InChI=1S/C26H36N4O3/c1-26(2,3)25(33)30-14-7-10-22(30)23(31)28-21(24(32)29(4)15-13-27)17-18-11-12-19-8-5-6-9-20(19)16-18/h5-6,8-9,11-12,16,21-22H,7,10,13-15,17,27H2,1-4H3,(H,28,31)/t21-,22?/m1/s1. The van der Waals surface area contributed by atoms with Crippen LogP contribution in [0.1, 0.15) is 39.2 Å². The molecule has 3 N–H and O–H groups in total. The van der Waals surface area contributed by atoms with Crippen molar-refractivity contribution >= 4 is 28.5 Å². The number of likely N-dealkylation sites (tertiary alicyclic amines) is 1. The predicted molar refractivity (Wildman–Crippen MR) is 130 cm³/mol. The Kier molecular flexibility index (Phi) is 7.74. The second-order valence-electron chi connectivity index (χ2n) is 9.90. The van der Waals surface area contributed by atoms with E-state index in [1.165, 1.54) is 0 Å². The molecule has 2 aromatic rings. The van der Waals surface area contributed by atoms with Gasteiger partial charge in [-0.1, -0.05) is 63.2 Å². The van der Waals surface area contributed by atoms with E-state index >= 15 is 0 Å². The fourth-order valence-corrected chi connectivity index (χ4v) is 4.35. The van der Waals surface area contributed by atoms with Crippen molar-refractivity contribution in [3.05, 3.63) is 48.0 Å². The average molecular weight is 453 g/mol. The molecule has 178 valence electrons. The van der Waals surface area contributed by atoms with E-state index in [0.717, 1.165) is 22.8 Å². The molecule has 0 saturated carbocycles. The highest BCUT2D eigenvalue weighted by atomic mass is 16.2. The number of fused-ring (bicyclic) bond motifs is 1. The van der Waals surface area contributed by atoms with Crippen LogP contribution >= 0.6 is 0 Å². The lowest BCUT2D eigenvalue weighted by atomic mass is 9.94. The molecule has 1 unspecified atom stereocenters. The lowest BCUT2D eigenvalue weighted by Crippen LogP contribution is -2.55. The molecule has 0 bridgehead atoms. The van der Waals surface area contributed by atoms with Crippen molar-refractivity contribution in [2.75, 3.05) is 26.7 Å². The molecule has 1 aliphatic heterocycles. The van der Waals surface area contributed by atoms with Crippen LogP contribution in [0.15, 0.2) is 42.5 Å². The molecule has 2 atom stereocenters. The summed E-state index contributed by atoms with van der Waals surface area (Å²) in [4.78, 5) is 42.6. The summed E-state index contributed by atoms with van der Waals surface area (Å²) >= 11 is 0. The smallest absolute Gasteiger partial charge is 0.245 e. The zero-order valence-corrected chi connectivity index (χ0v) is 20.1. The van der Waals surface area contributed by atoms with E-state index in [1.807, 2.05) is 57.2 Å². The maximum Gasteiger partial charge on any atom is 0.245 e. The number of carbonyl (C=O) groups excluding carboxylic acids is 3. The largest absolute Gasteiger partial charge is 0.343 e. The highest BCUT2D eigenvalue weighted by Gasteiger charge is 2.39. The van der Waals surface area contributed by atoms with Gasteiger partial charge in [-0.2, -0.15) is 0 Å². The quantitative estimate of drug-likeness (QED) is 0.674. The first-order valence-corrected chi connectivity index (χ1v) is 11.7. The summed E-state index contributed by atoms with van der Waals surface area (Å²) < 4.78 is 0. The summed E-state index contributed by atoms with van der Waals surface area (Å²) in [6.45, 7) is 6.88. The van der Waals surface area contributed by atoms with Gasteiger partial charge < -0.3 is 20.9 Å². The van der Waals surface area contributed by atoms with E-state index < -0.39 is 17.5 Å². The first-order chi connectivity index (χ1) is 15.6. The number of amides is 3. The lowest BCUT2D eigenvalue weighted by Gasteiger charge is -2.31. The minimum atomic E-state index is -0.734. The Hall–Kier alpha value is -2.93. The molecule has 7 heteroatoms. The molecule has 0 spiro atoms. The summed E-state index contributed by atoms with van der Waals surface area (Å²) in [5.74, 6) is -0.503. The molecule has 33 heavy (non-hydrogen) atoms. The number of likely N-dealkylation sites (N-methyl/N-ethyl adjacent to an activating group) is 1. The first-order valence-electron chi connectivity index (χ1n) is 11.7. The maximum absolute atomic E-state index is 13.3. The molecule has 0 radical (unpaired) electrons. The van der Waals surface area contributed by atoms with Crippen LogP contribution in [0.25, 0.3) is 10.8 Å². The SMILES string of the molecule is CN(CCN)C(=O)[C@@H](Cc1ccc2ccccc2c1)NC(=O)C1CCCN1C(=O)C(C)(C)C. The first kappa shape index (κ1) is 24.7. The van der Waals surface area contributed by atoms with Gasteiger partial charge >= 0.3 is 0 Å². The molecule has 7 nitrogen and oxygen atoms in total. The number of carbonyl (C=O) groups is 3. The van der Waals surface area contributed by atoms with Crippen LogP contribution in [0.2, 0.25) is 0 Å². The monoisotopic (exact) mass is 452 g/mol. The van der Waals surface area contributed by atoms with Crippen molar-refractivity contribution in [2.45, 2.75) is 52.1 Å². The van der Waals surface area contributed by atoms with Gasteiger partial charge in [-0.15, -0.1) is 0 Å². The fraction of sp³-hybridized carbons (Fsp3) is 0.500. The van der Waals surface area contributed by atoms with Crippen molar-refractivity contribution in [1.82, 2.24) is 15.1 Å². The van der Waals surface area contributed by atoms with E-state index in [-0.39, 0.29) is 17.7 Å². The number of hydrogen-bond acceptors (Lipinski definition) is 4. The van der Waals surface area contributed by atoms with Gasteiger partial charge in [-0.05, 0) is 29.2 Å². The van der Waals surface area contributed by atoms with Gasteiger partial charge in [0.1, 0.15) is 12.1 Å². The van der Waals surface area contributed by atoms with Gasteiger partial charge in [0.05, 0.1) is 0 Å². The minimum Gasteiger partial charge on any atom is -0.343 e. The van der Waals surface area contributed by atoms with Crippen LogP contribution in [0.4, 0.5) is 0 Å². The van der Waals surface area contributed by atoms with Crippen LogP contribution in [-0.4, -0.2) is 66.3 Å². The van der Waals surface area contributed by atoms with E-state index in [2.05, 4.69) is 11.4 Å². The third-order valence-electron chi connectivity index (χ3n) is 6.17. The van der Waals surface area contributed by atoms with Gasteiger partial charge in [0.15, 0.2) is 0 Å². The van der Waals surface area contributed by atoms with Crippen LogP contribution < -0.4 is 11.1 Å². The predicted octanol–water partition coefficient (Wildman–Crippen LogP) is 2.32.